The van der Waals surface area contributed by atoms with Gasteiger partial charge < -0.3 is 5.32 Å². The van der Waals surface area contributed by atoms with Crippen molar-refractivity contribution in [1.82, 2.24) is 15.2 Å². The molecule has 3 rings (SSSR count). The summed E-state index contributed by atoms with van der Waals surface area (Å²) in [4.78, 5) is 7.44. The lowest BCUT2D eigenvalue weighted by Gasteiger charge is -2.21. The van der Waals surface area contributed by atoms with Crippen LogP contribution in [0.2, 0.25) is 0 Å². The minimum Gasteiger partial charge on any atom is -0.306 e. The van der Waals surface area contributed by atoms with E-state index in [1.807, 2.05) is 0 Å². The van der Waals surface area contributed by atoms with Crippen LogP contribution in [0.5, 0.6) is 0 Å². The highest BCUT2D eigenvalue weighted by Crippen LogP contribution is 2.38. The van der Waals surface area contributed by atoms with E-state index in [-0.39, 0.29) is 5.54 Å². The van der Waals surface area contributed by atoms with E-state index in [0.717, 1.165) is 30.6 Å². The van der Waals surface area contributed by atoms with Crippen molar-refractivity contribution in [2.24, 2.45) is 11.8 Å². The fourth-order valence-corrected chi connectivity index (χ4v) is 3.76. The molecular formula is C18H29N3. The van der Waals surface area contributed by atoms with Gasteiger partial charge in [-0.05, 0) is 57.6 Å². The van der Waals surface area contributed by atoms with Crippen molar-refractivity contribution >= 4 is 0 Å². The fraction of sp³-hybridized carbons (Fsp3) is 0.722. The summed E-state index contributed by atoms with van der Waals surface area (Å²) >= 11 is 0. The number of hydrogen-bond acceptors (Lipinski definition) is 3. The molecular weight excluding hydrogens is 258 g/mol. The molecule has 3 heteroatoms. The summed E-state index contributed by atoms with van der Waals surface area (Å²) in [5.74, 6) is 1.94. The topological polar surface area (TPSA) is 28.2 Å². The highest BCUT2D eigenvalue weighted by atomic mass is 15.2. The molecule has 0 radical (unpaired) electrons. The van der Waals surface area contributed by atoms with Gasteiger partial charge in [0.05, 0.1) is 11.4 Å². The van der Waals surface area contributed by atoms with Gasteiger partial charge in [0.2, 0.25) is 0 Å². The summed E-state index contributed by atoms with van der Waals surface area (Å²) in [6, 6.07) is 6.45. The normalized spacial score (nSPS) is 26.2. The molecule has 2 atom stereocenters. The third-order valence-electron chi connectivity index (χ3n) is 4.85. The Morgan fingerprint density at radius 1 is 1.14 bits per heavy atom. The summed E-state index contributed by atoms with van der Waals surface area (Å²) in [7, 11) is 0. The van der Waals surface area contributed by atoms with Gasteiger partial charge in [-0.1, -0.05) is 12.5 Å². The van der Waals surface area contributed by atoms with Gasteiger partial charge in [0.15, 0.2) is 0 Å². The molecule has 2 unspecified atom stereocenters. The first-order chi connectivity index (χ1) is 9.99. The smallest absolute Gasteiger partial charge is 0.0547 e. The van der Waals surface area contributed by atoms with Crippen LogP contribution in [0.25, 0.3) is 0 Å². The SMILES string of the molecule is CC(C)(C)NCc1cccc(CN2CC3CCCC3C2)n1. The molecule has 1 aliphatic carbocycles. The minimum absolute atomic E-state index is 0.143. The number of nitrogens with zero attached hydrogens (tertiary/aromatic N) is 2. The highest BCUT2D eigenvalue weighted by Gasteiger charge is 2.35. The summed E-state index contributed by atoms with van der Waals surface area (Å²) < 4.78 is 0. The maximum absolute atomic E-state index is 4.83. The molecule has 0 spiro atoms. The van der Waals surface area contributed by atoms with Crippen LogP contribution in [0.4, 0.5) is 0 Å². The Bertz CT molecular complexity index is 466. The molecule has 0 amide bonds. The van der Waals surface area contributed by atoms with Crippen LogP contribution in [0.3, 0.4) is 0 Å². The van der Waals surface area contributed by atoms with Crippen molar-refractivity contribution in [2.45, 2.75) is 58.7 Å². The quantitative estimate of drug-likeness (QED) is 0.922. The molecule has 1 N–H and O–H groups in total. The van der Waals surface area contributed by atoms with Crippen molar-refractivity contribution in [2.75, 3.05) is 13.1 Å². The zero-order valence-electron chi connectivity index (χ0n) is 13.7. The third kappa shape index (κ3) is 4.04. The van der Waals surface area contributed by atoms with Gasteiger partial charge in [-0.25, -0.2) is 0 Å². The van der Waals surface area contributed by atoms with E-state index < -0.39 is 0 Å². The summed E-state index contributed by atoms with van der Waals surface area (Å²) in [6.45, 7) is 11.0. The van der Waals surface area contributed by atoms with Gasteiger partial charge in [-0.3, -0.25) is 9.88 Å². The first-order valence-electron chi connectivity index (χ1n) is 8.42. The van der Waals surface area contributed by atoms with Gasteiger partial charge >= 0.3 is 0 Å². The molecule has 116 valence electrons. The number of rotatable bonds is 4. The summed E-state index contributed by atoms with van der Waals surface area (Å²) in [6.07, 6.45) is 4.35. The van der Waals surface area contributed by atoms with Crippen LogP contribution in [0.15, 0.2) is 18.2 Å². The van der Waals surface area contributed by atoms with Gasteiger partial charge in [0, 0.05) is 31.7 Å². The molecule has 0 bridgehead atoms. The van der Waals surface area contributed by atoms with E-state index in [9.17, 15) is 0 Å². The lowest BCUT2D eigenvalue weighted by molar-refractivity contribution is 0.299. The van der Waals surface area contributed by atoms with Gasteiger partial charge in [-0.2, -0.15) is 0 Å². The maximum Gasteiger partial charge on any atom is 0.0547 e. The predicted molar refractivity (Wildman–Crippen MR) is 86.9 cm³/mol. The van der Waals surface area contributed by atoms with Crippen molar-refractivity contribution in [3.05, 3.63) is 29.6 Å². The summed E-state index contributed by atoms with van der Waals surface area (Å²) in [5.41, 5.74) is 2.52. The predicted octanol–water partition coefficient (Wildman–Crippen LogP) is 3.20. The second-order valence-electron chi connectivity index (χ2n) is 7.87. The van der Waals surface area contributed by atoms with Crippen molar-refractivity contribution in [3.63, 3.8) is 0 Å². The van der Waals surface area contributed by atoms with Crippen LogP contribution in [-0.2, 0) is 13.1 Å². The molecule has 2 heterocycles. The van der Waals surface area contributed by atoms with E-state index in [1.165, 1.54) is 38.0 Å². The molecule has 21 heavy (non-hydrogen) atoms. The highest BCUT2D eigenvalue weighted by molar-refractivity contribution is 5.12. The zero-order chi connectivity index (χ0) is 14.9. The average molecular weight is 287 g/mol. The molecule has 1 aromatic heterocycles. The molecule has 0 aromatic carbocycles. The molecule has 2 aliphatic rings. The lowest BCUT2D eigenvalue weighted by Crippen LogP contribution is -2.35. The van der Waals surface area contributed by atoms with Crippen molar-refractivity contribution < 1.29 is 0 Å². The first kappa shape index (κ1) is 15.0. The Hall–Kier alpha value is -0.930. The second kappa shape index (κ2) is 6.05. The Balaban J connectivity index is 1.56. The first-order valence-corrected chi connectivity index (χ1v) is 8.42. The van der Waals surface area contributed by atoms with Crippen LogP contribution in [0.1, 0.15) is 51.4 Å². The number of likely N-dealkylation sites (tertiary alicyclic amines) is 1. The number of hydrogen-bond donors (Lipinski definition) is 1. The van der Waals surface area contributed by atoms with Crippen LogP contribution in [0, 0.1) is 11.8 Å². The Kier molecular flexibility index (Phi) is 4.32. The molecule has 1 aliphatic heterocycles. The number of pyridine rings is 1. The van der Waals surface area contributed by atoms with Crippen LogP contribution >= 0.6 is 0 Å². The molecule has 1 saturated heterocycles. The number of fused-ring (bicyclic) bond motifs is 1. The molecule has 1 aromatic rings. The fourth-order valence-electron chi connectivity index (χ4n) is 3.76. The molecule has 2 fully saturated rings. The Morgan fingerprint density at radius 2 is 1.81 bits per heavy atom. The zero-order valence-corrected chi connectivity index (χ0v) is 13.7. The van der Waals surface area contributed by atoms with E-state index in [1.54, 1.807) is 0 Å². The van der Waals surface area contributed by atoms with Crippen LogP contribution in [-0.4, -0.2) is 28.5 Å². The largest absolute Gasteiger partial charge is 0.306 e. The van der Waals surface area contributed by atoms with E-state index in [4.69, 9.17) is 4.98 Å². The average Bonchev–Trinajstić information content (AvgIpc) is 2.97. The third-order valence-corrected chi connectivity index (χ3v) is 4.85. The Morgan fingerprint density at radius 3 is 2.48 bits per heavy atom. The van der Waals surface area contributed by atoms with Crippen molar-refractivity contribution in [3.8, 4) is 0 Å². The van der Waals surface area contributed by atoms with E-state index in [0.29, 0.717) is 0 Å². The van der Waals surface area contributed by atoms with E-state index in [2.05, 4.69) is 49.2 Å². The Labute approximate surface area is 129 Å². The van der Waals surface area contributed by atoms with Crippen LogP contribution < -0.4 is 5.32 Å². The van der Waals surface area contributed by atoms with E-state index >= 15 is 0 Å². The monoisotopic (exact) mass is 287 g/mol. The summed E-state index contributed by atoms with van der Waals surface area (Å²) in [5, 5.41) is 3.52. The standard InChI is InChI=1S/C18H29N3/c1-18(2,3)19-10-16-8-5-9-17(20-16)13-21-11-14-6-4-7-15(14)12-21/h5,8-9,14-15,19H,4,6-7,10-13H2,1-3H3. The molecule has 1 saturated carbocycles. The number of aromatic nitrogens is 1. The minimum atomic E-state index is 0.143. The van der Waals surface area contributed by atoms with Gasteiger partial charge in [0.1, 0.15) is 0 Å². The second-order valence-corrected chi connectivity index (χ2v) is 7.87. The lowest BCUT2D eigenvalue weighted by atomic mass is 10.0. The molecule has 3 nitrogen and oxygen atoms in total. The maximum atomic E-state index is 4.83. The van der Waals surface area contributed by atoms with Gasteiger partial charge in [0.25, 0.3) is 0 Å². The van der Waals surface area contributed by atoms with Crippen molar-refractivity contribution in [1.29, 1.82) is 0 Å². The van der Waals surface area contributed by atoms with Gasteiger partial charge in [-0.15, -0.1) is 0 Å². The number of nitrogens with one attached hydrogen (secondary N) is 1.